The van der Waals surface area contributed by atoms with Gasteiger partial charge in [0.25, 0.3) is 0 Å². The lowest BCUT2D eigenvalue weighted by Gasteiger charge is -2.19. The topological polar surface area (TPSA) is 177 Å². The third-order valence-electron chi connectivity index (χ3n) is 9.62. The van der Waals surface area contributed by atoms with Crippen LogP contribution in [0.1, 0.15) is 149 Å². The van der Waals surface area contributed by atoms with Crippen LogP contribution in [0.15, 0.2) is 72.9 Å². The first-order chi connectivity index (χ1) is 27.5. The fraction of sp³-hybridized carbons (Fsp3) is 0.667. The first-order valence-corrected chi connectivity index (χ1v) is 22.9. The number of aliphatic hydroxyl groups excluding tert-OH is 2. The van der Waals surface area contributed by atoms with E-state index < -0.39 is 50.6 Å². The molecule has 0 saturated heterocycles. The minimum atomic E-state index is -4.83. The molecule has 0 aromatic rings. The van der Waals surface area contributed by atoms with E-state index in [2.05, 4.69) is 79.1 Å². The van der Waals surface area contributed by atoms with Gasteiger partial charge in [-0.1, -0.05) is 132 Å². The van der Waals surface area contributed by atoms with Gasteiger partial charge in [-0.2, -0.15) is 0 Å². The highest BCUT2D eigenvalue weighted by Gasteiger charge is 2.39. The smallest absolute Gasteiger partial charge is 0.462 e. The first-order valence-electron chi connectivity index (χ1n) is 21.3. The standard InChI is InChI=1S/C45H73O11P/c1-3-5-7-8-9-10-11-12-13-14-15-16-17-18-19-20-21-22-28-32-45(50)56-39(37-55-57(51,52)53)36-54-44(49)31-27-24-23-26-30-40-41(43(48)35-42(40)47)34-33-38(46)29-25-6-4-2/h5,7,9-10,12-13,15-16,18-19,33-34,38-42,46-47H,3-4,6,8,11,14,17,20-32,35-37H2,1-2H3,(H2,51,52,53)/b7-5-,10-9-,13-12-,16-15-,19-18-,34-33+/t38-,39+,40+,41+,42-/m0/s1. The SMILES string of the molecule is CC/C=C\C/C=C\C/C=C\C/C=C\C/C=C\CCCCCC(=O)O[C@H](COC(=O)CCCCCC[C@H]1[C@@H](O)CC(=O)[C@@H]1/C=C/[C@@H](O)CCCCC)COP(=O)(O)O. The Morgan fingerprint density at radius 2 is 1.33 bits per heavy atom. The highest BCUT2D eigenvalue weighted by atomic mass is 31.2. The molecule has 0 aliphatic heterocycles. The molecule has 0 heterocycles. The maximum absolute atomic E-state index is 12.5. The first kappa shape index (κ1) is 52.1. The quantitative estimate of drug-likeness (QED) is 0.0210. The number of aliphatic hydroxyl groups is 2. The second-order valence-corrected chi connectivity index (χ2v) is 16.0. The molecule has 1 rings (SSSR count). The molecule has 57 heavy (non-hydrogen) atoms. The van der Waals surface area contributed by atoms with Crippen molar-refractivity contribution in [2.24, 2.45) is 11.8 Å². The maximum Gasteiger partial charge on any atom is 0.469 e. The minimum Gasteiger partial charge on any atom is -0.462 e. The summed E-state index contributed by atoms with van der Waals surface area (Å²) in [6.45, 7) is 3.23. The molecular weight excluding hydrogens is 747 g/mol. The van der Waals surface area contributed by atoms with Crippen molar-refractivity contribution in [1.29, 1.82) is 0 Å². The van der Waals surface area contributed by atoms with Gasteiger partial charge in [-0.3, -0.25) is 18.9 Å². The van der Waals surface area contributed by atoms with Gasteiger partial charge in [0.05, 0.1) is 18.8 Å². The molecule has 5 atom stereocenters. The number of Topliss-reactive ketones (excluding diaryl/α,β-unsaturated/α-hetero) is 1. The van der Waals surface area contributed by atoms with Gasteiger partial charge in [0.1, 0.15) is 12.4 Å². The van der Waals surface area contributed by atoms with Crippen LogP contribution in [0.3, 0.4) is 0 Å². The number of esters is 2. The Bertz CT molecular complexity index is 1310. The largest absolute Gasteiger partial charge is 0.469 e. The number of allylic oxidation sites excluding steroid dienone is 11. The lowest BCUT2D eigenvalue weighted by molar-refractivity contribution is -0.161. The van der Waals surface area contributed by atoms with Gasteiger partial charge in [0.15, 0.2) is 6.10 Å². The third kappa shape index (κ3) is 29.9. The fourth-order valence-corrected chi connectivity index (χ4v) is 6.78. The van der Waals surface area contributed by atoms with E-state index in [1.807, 2.05) is 0 Å². The van der Waals surface area contributed by atoms with E-state index in [0.29, 0.717) is 25.7 Å². The zero-order valence-electron chi connectivity index (χ0n) is 34.7. The van der Waals surface area contributed by atoms with Crippen LogP contribution in [0.4, 0.5) is 0 Å². The van der Waals surface area contributed by atoms with Crippen LogP contribution < -0.4 is 0 Å². The van der Waals surface area contributed by atoms with Gasteiger partial charge in [-0.25, -0.2) is 4.57 Å². The zero-order valence-corrected chi connectivity index (χ0v) is 35.6. The number of carbonyl (C=O) groups excluding carboxylic acids is 3. The minimum absolute atomic E-state index is 0.00419. The number of ether oxygens (including phenoxy) is 2. The van der Waals surface area contributed by atoms with E-state index in [1.165, 1.54) is 0 Å². The van der Waals surface area contributed by atoms with Crippen molar-refractivity contribution < 1.29 is 52.9 Å². The van der Waals surface area contributed by atoms with Crippen LogP contribution in [-0.2, 0) is 32.9 Å². The van der Waals surface area contributed by atoms with Crippen LogP contribution in [0, 0.1) is 11.8 Å². The van der Waals surface area contributed by atoms with Gasteiger partial charge in [-0.05, 0) is 76.5 Å². The lowest BCUT2D eigenvalue weighted by atomic mass is 9.88. The molecule has 11 nitrogen and oxygen atoms in total. The summed E-state index contributed by atoms with van der Waals surface area (Å²) in [5.41, 5.74) is 0. The average Bonchev–Trinajstić information content (AvgIpc) is 3.44. The summed E-state index contributed by atoms with van der Waals surface area (Å²) < 4.78 is 26.4. The second-order valence-electron chi connectivity index (χ2n) is 14.7. The molecule has 0 spiro atoms. The number of phosphoric ester groups is 1. The molecule has 0 aromatic heterocycles. The highest BCUT2D eigenvalue weighted by Crippen LogP contribution is 2.36. The van der Waals surface area contributed by atoms with Gasteiger partial charge in [0, 0.05) is 25.2 Å². The molecule has 4 N–H and O–H groups in total. The van der Waals surface area contributed by atoms with E-state index in [1.54, 1.807) is 12.2 Å². The third-order valence-corrected chi connectivity index (χ3v) is 10.1. The molecule has 0 radical (unpaired) electrons. The Kier molecular flexibility index (Phi) is 31.1. The molecule has 1 aliphatic rings. The number of phosphoric acid groups is 1. The number of hydrogen-bond acceptors (Lipinski definition) is 9. The summed E-state index contributed by atoms with van der Waals surface area (Å²) >= 11 is 0. The normalized spacial score (nSPS) is 19.1. The van der Waals surface area contributed by atoms with Crippen molar-refractivity contribution in [3.05, 3.63) is 72.9 Å². The summed E-state index contributed by atoms with van der Waals surface area (Å²) in [4.78, 5) is 55.6. The van der Waals surface area contributed by atoms with Crippen molar-refractivity contribution in [1.82, 2.24) is 0 Å². The molecule has 12 heteroatoms. The molecule has 0 bridgehead atoms. The van der Waals surface area contributed by atoms with Crippen molar-refractivity contribution in [3.63, 3.8) is 0 Å². The Morgan fingerprint density at radius 1 is 0.754 bits per heavy atom. The molecule has 0 amide bonds. The fourth-order valence-electron chi connectivity index (χ4n) is 6.42. The molecule has 0 unspecified atom stereocenters. The summed E-state index contributed by atoms with van der Waals surface area (Å²) in [6.07, 6.45) is 38.1. The van der Waals surface area contributed by atoms with E-state index in [9.17, 15) is 29.2 Å². The summed E-state index contributed by atoms with van der Waals surface area (Å²) in [6, 6.07) is 0. The van der Waals surface area contributed by atoms with E-state index in [4.69, 9.17) is 19.3 Å². The summed E-state index contributed by atoms with van der Waals surface area (Å²) in [7, 11) is -4.83. The number of carbonyl (C=O) groups is 3. The number of unbranched alkanes of at least 4 members (excludes halogenated alkanes) is 8. The monoisotopic (exact) mass is 820 g/mol. The predicted octanol–water partition coefficient (Wildman–Crippen LogP) is 9.66. The maximum atomic E-state index is 12.5. The molecule has 0 aromatic carbocycles. The van der Waals surface area contributed by atoms with Gasteiger partial charge in [0.2, 0.25) is 0 Å². The van der Waals surface area contributed by atoms with E-state index in [-0.39, 0.29) is 37.6 Å². The molecule has 1 aliphatic carbocycles. The average molecular weight is 821 g/mol. The number of hydrogen-bond donors (Lipinski definition) is 4. The van der Waals surface area contributed by atoms with Crippen molar-refractivity contribution in [3.8, 4) is 0 Å². The van der Waals surface area contributed by atoms with Crippen LogP contribution in [0.5, 0.6) is 0 Å². The predicted molar refractivity (Wildman–Crippen MR) is 226 cm³/mol. The molecule has 1 fully saturated rings. The number of rotatable bonds is 34. The Morgan fingerprint density at radius 3 is 1.95 bits per heavy atom. The number of ketones is 1. The lowest BCUT2D eigenvalue weighted by Crippen LogP contribution is -2.29. The van der Waals surface area contributed by atoms with Crippen LogP contribution in [-0.4, -0.2) is 69.2 Å². The molecule has 1 saturated carbocycles. The van der Waals surface area contributed by atoms with Crippen molar-refractivity contribution >= 4 is 25.5 Å². The van der Waals surface area contributed by atoms with Crippen molar-refractivity contribution in [2.45, 2.75) is 167 Å². The second kappa shape index (κ2) is 34.0. The zero-order chi connectivity index (χ0) is 42.0. The van der Waals surface area contributed by atoms with Gasteiger partial charge >= 0.3 is 19.8 Å². The van der Waals surface area contributed by atoms with Crippen LogP contribution >= 0.6 is 7.82 Å². The summed E-state index contributed by atoms with van der Waals surface area (Å²) in [5, 5.41) is 20.7. The van der Waals surface area contributed by atoms with Crippen LogP contribution in [0.2, 0.25) is 0 Å². The van der Waals surface area contributed by atoms with Crippen LogP contribution in [0.25, 0.3) is 0 Å². The molecule has 324 valence electrons. The highest BCUT2D eigenvalue weighted by molar-refractivity contribution is 7.46. The molecular formula is C45H73O11P. The Hall–Kier alpha value is -2.92. The summed E-state index contributed by atoms with van der Waals surface area (Å²) in [5.74, 6) is -1.67. The Labute approximate surface area is 342 Å². The van der Waals surface area contributed by atoms with Crippen molar-refractivity contribution in [2.75, 3.05) is 13.2 Å². The van der Waals surface area contributed by atoms with Gasteiger partial charge < -0.3 is 29.5 Å². The Balaban J connectivity index is 2.28. The van der Waals surface area contributed by atoms with E-state index >= 15 is 0 Å². The van der Waals surface area contributed by atoms with Gasteiger partial charge in [-0.15, -0.1) is 0 Å². The van der Waals surface area contributed by atoms with E-state index in [0.717, 1.165) is 89.9 Å².